The summed E-state index contributed by atoms with van der Waals surface area (Å²) in [5.41, 5.74) is 6.76. The molecule has 0 aliphatic rings. The lowest BCUT2D eigenvalue weighted by Gasteiger charge is -2.22. The van der Waals surface area contributed by atoms with Crippen LogP contribution in [0.5, 0.6) is 0 Å². The van der Waals surface area contributed by atoms with Crippen molar-refractivity contribution in [3.05, 3.63) is 34.9 Å². The highest BCUT2D eigenvalue weighted by atomic mass is 35.5. The zero-order valence-electron chi connectivity index (χ0n) is 11.5. The van der Waals surface area contributed by atoms with Crippen LogP contribution in [-0.4, -0.2) is 19.7 Å². The van der Waals surface area contributed by atoms with Crippen molar-refractivity contribution >= 4 is 21.4 Å². The summed E-state index contributed by atoms with van der Waals surface area (Å²) in [6.45, 7) is 3.89. The van der Waals surface area contributed by atoms with Crippen LogP contribution in [0, 0.1) is 0 Å². The smallest absolute Gasteiger partial charge is 0.158 e. The molecule has 0 saturated heterocycles. The predicted octanol–water partition coefficient (Wildman–Crippen LogP) is 3.16. The number of sulfone groups is 1. The molecular formula is C14H22ClNO2S. The van der Waals surface area contributed by atoms with E-state index in [1.807, 2.05) is 13.8 Å². The molecule has 0 radical (unpaired) electrons. The third-order valence-corrected chi connectivity index (χ3v) is 5.84. The minimum absolute atomic E-state index is 0.0279. The van der Waals surface area contributed by atoms with Gasteiger partial charge in [-0.15, -0.1) is 0 Å². The SMILES string of the molecule is CCCC(N)C(CC)S(=O)(=O)Cc1ccc(Cl)cc1. The Labute approximate surface area is 121 Å². The van der Waals surface area contributed by atoms with Crippen LogP contribution in [0.1, 0.15) is 38.7 Å². The summed E-state index contributed by atoms with van der Waals surface area (Å²) in [6, 6.07) is 6.63. The van der Waals surface area contributed by atoms with Gasteiger partial charge < -0.3 is 5.73 Å². The van der Waals surface area contributed by atoms with Crippen LogP contribution < -0.4 is 5.73 Å². The highest BCUT2D eigenvalue weighted by molar-refractivity contribution is 7.91. The van der Waals surface area contributed by atoms with Gasteiger partial charge in [0.25, 0.3) is 0 Å². The van der Waals surface area contributed by atoms with Crippen LogP contribution >= 0.6 is 11.6 Å². The van der Waals surface area contributed by atoms with E-state index in [9.17, 15) is 8.42 Å². The van der Waals surface area contributed by atoms with E-state index < -0.39 is 15.1 Å². The quantitative estimate of drug-likeness (QED) is 0.841. The molecule has 3 nitrogen and oxygen atoms in total. The maximum Gasteiger partial charge on any atom is 0.158 e. The topological polar surface area (TPSA) is 60.2 Å². The van der Waals surface area contributed by atoms with Gasteiger partial charge in [-0.3, -0.25) is 0 Å². The van der Waals surface area contributed by atoms with E-state index in [1.165, 1.54) is 0 Å². The summed E-state index contributed by atoms with van der Waals surface area (Å²) in [7, 11) is -3.23. The number of hydrogen-bond acceptors (Lipinski definition) is 3. The van der Waals surface area contributed by atoms with Crippen LogP contribution in [0.3, 0.4) is 0 Å². The van der Waals surface area contributed by atoms with Crippen LogP contribution in [0.4, 0.5) is 0 Å². The van der Waals surface area contributed by atoms with Crippen molar-refractivity contribution in [2.75, 3.05) is 0 Å². The molecule has 0 aromatic heterocycles. The van der Waals surface area contributed by atoms with Crippen LogP contribution in [-0.2, 0) is 15.6 Å². The number of benzene rings is 1. The molecule has 2 N–H and O–H groups in total. The molecule has 0 bridgehead atoms. The van der Waals surface area contributed by atoms with E-state index in [1.54, 1.807) is 24.3 Å². The molecular weight excluding hydrogens is 282 g/mol. The lowest BCUT2D eigenvalue weighted by atomic mass is 10.1. The van der Waals surface area contributed by atoms with Gasteiger partial charge in [0, 0.05) is 11.1 Å². The molecule has 108 valence electrons. The Hall–Kier alpha value is -0.580. The minimum atomic E-state index is -3.23. The second-order valence-electron chi connectivity index (χ2n) is 4.83. The van der Waals surface area contributed by atoms with Gasteiger partial charge in [-0.2, -0.15) is 0 Å². The summed E-state index contributed by atoms with van der Waals surface area (Å²) in [4.78, 5) is 0. The number of rotatable bonds is 7. The van der Waals surface area contributed by atoms with E-state index in [-0.39, 0.29) is 11.8 Å². The van der Waals surface area contributed by atoms with Gasteiger partial charge >= 0.3 is 0 Å². The van der Waals surface area contributed by atoms with Gasteiger partial charge in [-0.05, 0) is 30.5 Å². The molecule has 1 aromatic rings. The van der Waals surface area contributed by atoms with Gasteiger partial charge in [-0.25, -0.2) is 8.42 Å². The van der Waals surface area contributed by atoms with Gasteiger partial charge in [0.2, 0.25) is 0 Å². The molecule has 0 spiro atoms. The second kappa shape index (κ2) is 7.27. The maximum atomic E-state index is 12.4. The fourth-order valence-electron chi connectivity index (χ4n) is 2.26. The second-order valence-corrected chi connectivity index (χ2v) is 7.49. The first kappa shape index (κ1) is 16.5. The maximum absolute atomic E-state index is 12.4. The van der Waals surface area contributed by atoms with Crippen LogP contribution in [0.2, 0.25) is 5.02 Å². The molecule has 0 amide bonds. The van der Waals surface area contributed by atoms with Crippen molar-refractivity contribution in [3.63, 3.8) is 0 Å². The Balaban J connectivity index is 2.86. The van der Waals surface area contributed by atoms with Gasteiger partial charge in [0.15, 0.2) is 9.84 Å². The monoisotopic (exact) mass is 303 g/mol. The van der Waals surface area contributed by atoms with E-state index >= 15 is 0 Å². The van der Waals surface area contributed by atoms with E-state index in [4.69, 9.17) is 17.3 Å². The minimum Gasteiger partial charge on any atom is -0.327 e. The third kappa shape index (κ3) is 4.79. The van der Waals surface area contributed by atoms with Crippen LogP contribution in [0.15, 0.2) is 24.3 Å². The number of nitrogens with two attached hydrogens (primary N) is 1. The van der Waals surface area contributed by atoms with E-state index in [2.05, 4.69) is 0 Å². The molecule has 0 aliphatic heterocycles. The number of hydrogen-bond donors (Lipinski definition) is 1. The summed E-state index contributed by atoms with van der Waals surface area (Å²) in [6.07, 6.45) is 2.18. The van der Waals surface area contributed by atoms with Gasteiger partial charge in [0.05, 0.1) is 11.0 Å². The van der Waals surface area contributed by atoms with Crippen molar-refractivity contribution in [2.45, 2.75) is 50.2 Å². The molecule has 2 unspecified atom stereocenters. The van der Waals surface area contributed by atoms with Crippen molar-refractivity contribution in [2.24, 2.45) is 5.73 Å². The highest BCUT2D eigenvalue weighted by Crippen LogP contribution is 2.19. The Bertz CT molecular complexity index is 485. The highest BCUT2D eigenvalue weighted by Gasteiger charge is 2.29. The molecule has 19 heavy (non-hydrogen) atoms. The summed E-state index contributed by atoms with van der Waals surface area (Å²) in [5.74, 6) is 0.0279. The molecule has 0 saturated carbocycles. The van der Waals surface area contributed by atoms with Crippen LogP contribution in [0.25, 0.3) is 0 Å². The summed E-state index contributed by atoms with van der Waals surface area (Å²) >= 11 is 5.79. The Kier molecular flexibility index (Phi) is 6.30. The lowest BCUT2D eigenvalue weighted by Crippen LogP contribution is -2.40. The van der Waals surface area contributed by atoms with E-state index in [0.717, 1.165) is 18.4 Å². The third-order valence-electron chi connectivity index (χ3n) is 3.24. The van der Waals surface area contributed by atoms with Crippen molar-refractivity contribution < 1.29 is 8.42 Å². The molecule has 0 heterocycles. The fourth-order valence-corrected chi connectivity index (χ4v) is 4.44. The molecule has 0 fully saturated rings. The summed E-state index contributed by atoms with van der Waals surface area (Å²) in [5, 5.41) is 0.138. The molecule has 1 aromatic carbocycles. The zero-order chi connectivity index (χ0) is 14.5. The first-order valence-corrected chi connectivity index (χ1v) is 8.71. The van der Waals surface area contributed by atoms with Crippen molar-refractivity contribution in [3.8, 4) is 0 Å². The predicted molar refractivity (Wildman–Crippen MR) is 81.0 cm³/mol. The van der Waals surface area contributed by atoms with Gasteiger partial charge in [-0.1, -0.05) is 44.0 Å². The van der Waals surface area contributed by atoms with Crippen molar-refractivity contribution in [1.29, 1.82) is 0 Å². The standard InChI is InChI=1S/C14H22ClNO2S/c1-3-5-13(16)14(4-2)19(17,18)10-11-6-8-12(15)9-7-11/h6-9,13-14H,3-5,10,16H2,1-2H3. The van der Waals surface area contributed by atoms with Crippen molar-refractivity contribution in [1.82, 2.24) is 0 Å². The number of halogens is 1. The first-order chi connectivity index (χ1) is 8.90. The van der Waals surface area contributed by atoms with Gasteiger partial charge in [0.1, 0.15) is 0 Å². The molecule has 1 rings (SSSR count). The average molecular weight is 304 g/mol. The fraction of sp³-hybridized carbons (Fsp3) is 0.571. The molecule has 5 heteroatoms. The largest absolute Gasteiger partial charge is 0.327 e. The molecule has 0 aliphatic carbocycles. The van der Waals surface area contributed by atoms with E-state index in [0.29, 0.717) is 11.4 Å². The Morgan fingerprint density at radius 2 is 1.79 bits per heavy atom. The Morgan fingerprint density at radius 3 is 2.26 bits per heavy atom. The zero-order valence-corrected chi connectivity index (χ0v) is 13.0. The Morgan fingerprint density at radius 1 is 1.21 bits per heavy atom. The lowest BCUT2D eigenvalue weighted by molar-refractivity contribution is 0.516. The summed E-state index contributed by atoms with van der Waals surface area (Å²) < 4.78 is 24.8. The normalized spacial score (nSPS) is 15.2. The molecule has 2 atom stereocenters. The average Bonchev–Trinajstić information content (AvgIpc) is 2.32. The first-order valence-electron chi connectivity index (χ1n) is 6.62.